The third-order valence-corrected chi connectivity index (χ3v) is 3.78. The molecule has 0 unspecified atom stereocenters. The smallest absolute Gasteiger partial charge is 0.258 e. The summed E-state index contributed by atoms with van der Waals surface area (Å²) in [5, 5.41) is 0. The third-order valence-electron chi connectivity index (χ3n) is 3.78. The minimum atomic E-state index is -0.0737. The summed E-state index contributed by atoms with van der Waals surface area (Å²) in [5.74, 6) is 0. The van der Waals surface area contributed by atoms with E-state index in [1.807, 2.05) is 68.4 Å². The average Bonchev–Trinajstić information content (AvgIpc) is 2.69. The molecule has 2 aliphatic rings. The van der Waals surface area contributed by atoms with E-state index < -0.39 is 0 Å². The molecule has 0 spiro atoms. The maximum Gasteiger partial charge on any atom is 0.258 e. The van der Waals surface area contributed by atoms with Gasteiger partial charge in [-0.2, -0.15) is 0 Å². The summed E-state index contributed by atoms with van der Waals surface area (Å²) in [5.41, 5.74) is 5.20. The van der Waals surface area contributed by atoms with Crippen molar-refractivity contribution in [1.82, 2.24) is 4.98 Å². The maximum atomic E-state index is 12.4. The lowest BCUT2D eigenvalue weighted by Crippen LogP contribution is -2.12. The largest absolute Gasteiger partial charge is 0.321 e. The molecule has 3 nitrogen and oxygen atoms in total. The summed E-state index contributed by atoms with van der Waals surface area (Å²) in [6, 6.07) is 17.7. The van der Waals surface area contributed by atoms with Gasteiger partial charge in [0.2, 0.25) is 0 Å². The van der Waals surface area contributed by atoms with Crippen LogP contribution >= 0.6 is 0 Å². The summed E-state index contributed by atoms with van der Waals surface area (Å²) in [7, 11) is 0. The molecule has 1 N–H and O–H groups in total. The number of fused-ring (bicyclic) bond motifs is 1. The molecule has 1 aromatic carbocycles. The monoisotopic (exact) mass is 290 g/mol. The normalized spacial score (nSPS) is 11.8. The van der Waals surface area contributed by atoms with Gasteiger partial charge in [0, 0.05) is 11.3 Å². The number of hydrogen-bond acceptors (Lipinski definition) is 2. The first-order valence-corrected chi connectivity index (χ1v) is 7.45. The van der Waals surface area contributed by atoms with Crippen LogP contribution in [0.3, 0.4) is 0 Å². The number of aromatic nitrogens is 1. The zero-order valence-corrected chi connectivity index (χ0v) is 12.8. The number of rotatable bonds is 3. The Hall–Kier alpha value is -2.68. The first-order chi connectivity index (χ1) is 10.7. The van der Waals surface area contributed by atoms with Crippen molar-refractivity contribution in [3.05, 3.63) is 76.1 Å². The molecule has 0 atom stereocenters. The molecule has 0 fully saturated rings. The number of H-pyrrole nitrogens is 1. The molecule has 1 aliphatic heterocycles. The van der Waals surface area contributed by atoms with Crippen molar-refractivity contribution < 1.29 is 0 Å². The van der Waals surface area contributed by atoms with Crippen LogP contribution in [0.15, 0.2) is 64.4 Å². The Kier molecular flexibility index (Phi) is 3.88. The second-order valence-electron chi connectivity index (χ2n) is 5.27. The fourth-order valence-electron chi connectivity index (χ4n) is 2.61. The minimum Gasteiger partial charge on any atom is -0.321 e. The number of benzene rings is 1. The van der Waals surface area contributed by atoms with Crippen LogP contribution in [0.2, 0.25) is 0 Å². The molecule has 22 heavy (non-hydrogen) atoms. The Balaban J connectivity index is 2.20. The molecule has 3 rings (SSSR count). The van der Waals surface area contributed by atoms with E-state index in [1.165, 1.54) is 0 Å². The predicted octanol–water partition coefficient (Wildman–Crippen LogP) is 4.32. The lowest BCUT2D eigenvalue weighted by Gasteiger charge is -2.05. The van der Waals surface area contributed by atoms with Gasteiger partial charge in [-0.15, -0.1) is 0 Å². The summed E-state index contributed by atoms with van der Waals surface area (Å²) in [6.07, 6.45) is 0.704. The second kappa shape index (κ2) is 5.98. The Labute approximate surface area is 129 Å². The van der Waals surface area contributed by atoms with Crippen molar-refractivity contribution in [2.24, 2.45) is 4.99 Å². The molecule has 0 aromatic heterocycles. The van der Waals surface area contributed by atoms with Crippen molar-refractivity contribution in [1.29, 1.82) is 0 Å². The molecule has 1 aliphatic carbocycles. The van der Waals surface area contributed by atoms with Gasteiger partial charge >= 0.3 is 0 Å². The van der Waals surface area contributed by atoms with Crippen LogP contribution < -0.4 is 5.56 Å². The highest BCUT2D eigenvalue weighted by molar-refractivity contribution is 6.07. The molecule has 1 aromatic rings. The quantitative estimate of drug-likeness (QED) is 0.717. The number of hydrogen-bond donors (Lipinski definition) is 1. The van der Waals surface area contributed by atoms with Crippen molar-refractivity contribution in [2.75, 3.05) is 0 Å². The van der Waals surface area contributed by atoms with Gasteiger partial charge in [-0.3, -0.25) is 9.79 Å². The first-order valence-electron chi connectivity index (χ1n) is 7.45. The van der Waals surface area contributed by atoms with Crippen molar-refractivity contribution in [2.45, 2.75) is 20.3 Å². The Bertz CT molecular complexity index is 861. The number of nitrogens with one attached hydrogen (secondary N) is 1. The van der Waals surface area contributed by atoms with E-state index in [2.05, 4.69) is 4.98 Å². The van der Waals surface area contributed by atoms with E-state index >= 15 is 0 Å². The molecule has 0 saturated heterocycles. The number of aliphatic imine (C=N–C) groups is 1. The summed E-state index contributed by atoms with van der Waals surface area (Å²) in [6.45, 7) is 4.05. The first kappa shape index (κ1) is 14.3. The minimum absolute atomic E-state index is 0.0737. The summed E-state index contributed by atoms with van der Waals surface area (Å²) in [4.78, 5) is 20.1. The van der Waals surface area contributed by atoms with E-state index in [0.717, 1.165) is 28.2 Å². The van der Waals surface area contributed by atoms with Gasteiger partial charge in [0.15, 0.2) is 0 Å². The highest BCUT2D eigenvalue weighted by Crippen LogP contribution is 2.25. The van der Waals surface area contributed by atoms with E-state index in [0.29, 0.717) is 12.0 Å². The molecule has 0 radical (unpaired) electrons. The fraction of sp³-hybridized carbons (Fsp3) is 0.158. The average molecular weight is 290 g/mol. The molecular formula is C19H18N2O. The van der Waals surface area contributed by atoms with Gasteiger partial charge < -0.3 is 4.98 Å². The van der Waals surface area contributed by atoms with E-state index in [1.54, 1.807) is 0 Å². The van der Waals surface area contributed by atoms with Crippen LogP contribution in [0.5, 0.6) is 0 Å². The third kappa shape index (κ3) is 2.58. The molecule has 0 bridgehead atoms. The SMILES string of the molecule is CCC(=Nc1ccccc1C)c1c2cccccc-2[nH]c1=O. The van der Waals surface area contributed by atoms with E-state index in [9.17, 15) is 4.79 Å². The molecule has 0 amide bonds. The molecule has 0 saturated carbocycles. The predicted molar refractivity (Wildman–Crippen MR) is 91.4 cm³/mol. The van der Waals surface area contributed by atoms with Crippen molar-refractivity contribution in [3.8, 4) is 11.3 Å². The lowest BCUT2D eigenvalue weighted by molar-refractivity contribution is 1.24. The van der Waals surface area contributed by atoms with Crippen LogP contribution in [-0.4, -0.2) is 10.7 Å². The summed E-state index contributed by atoms with van der Waals surface area (Å²) < 4.78 is 0. The Morgan fingerprint density at radius 1 is 1.05 bits per heavy atom. The van der Waals surface area contributed by atoms with Crippen LogP contribution in [0.4, 0.5) is 5.69 Å². The van der Waals surface area contributed by atoms with E-state index in [4.69, 9.17) is 4.99 Å². The van der Waals surface area contributed by atoms with Crippen molar-refractivity contribution >= 4 is 11.4 Å². The van der Waals surface area contributed by atoms with Gasteiger partial charge in [0.1, 0.15) is 0 Å². The highest BCUT2D eigenvalue weighted by Gasteiger charge is 2.17. The highest BCUT2D eigenvalue weighted by atomic mass is 16.1. The fourth-order valence-corrected chi connectivity index (χ4v) is 2.61. The van der Waals surface area contributed by atoms with Gasteiger partial charge in [-0.05, 0) is 31.0 Å². The number of aryl methyl sites for hydroxylation is 1. The van der Waals surface area contributed by atoms with Gasteiger partial charge in [-0.1, -0.05) is 49.4 Å². The molecular weight excluding hydrogens is 272 g/mol. The Morgan fingerprint density at radius 3 is 2.55 bits per heavy atom. The Morgan fingerprint density at radius 2 is 1.77 bits per heavy atom. The van der Waals surface area contributed by atoms with E-state index in [-0.39, 0.29) is 5.56 Å². The van der Waals surface area contributed by atoms with Crippen LogP contribution in [0, 0.1) is 6.92 Å². The summed E-state index contributed by atoms with van der Waals surface area (Å²) >= 11 is 0. The lowest BCUT2D eigenvalue weighted by atomic mass is 10.0. The zero-order valence-electron chi connectivity index (χ0n) is 12.8. The number of aromatic amines is 1. The van der Waals surface area contributed by atoms with Crippen molar-refractivity contribution in [3.63, 3.8) is 0 Å². The van der Waals surface area contributed by atoms with Crippen LogP contribution in [0.1, 0.15) is 24.5 Å². The maximum absolute atomic E-state index is 12.4. The van der Waals surface area contributed by atoms with Gasteiger partial charge in [-0.25, -0.2) is 0 Å². The van der Waals surface area contributed by atoms with Crippen LogP contribution in [0.25, 0.3) is 11.3 Å². The molecule has 1 heterocycles. The van der Waals surface area contributed by atoms with Gasteiger partial charge in [0.25, 0.3) is 5.56 Å². The standard InChI is InChI=1S/C19H18N2O/c1-3-15(20-16-11-8-7-9-13(16)2)18-14-10-5-4-6-12-17(14)21-19(18)22/h4-12H,3H2,1-2H3,(H,21,22). The van der Waals surface area contributed by atoms with Gasteiger partial charge in [0.05, 0.1) is 17.0 Å². The zero-order chi connectivity index (χ0) is 15.5. The molecule has 3 heteroatoms. The second-order valence-corrected chi connectivity index (χ2v) is 5.27. The van der Waals surface area contributed by atoms with Crippen LogP contribution in [-0.2, 0) is 0 Å². The topological polar surface area (TPSA) is 45.2 Å². The molecule has 110 valence electrons. The number of nitrogens with zero attached hydrogens (tertiary/aromatic N) is 1. The number of para-hydroxylation sites is 1.